The molecule has 7 heteroatoms. The quantitative estimate of drug-likeness (QED) is 0.711. The van der Waals surface area contributed by atoms with E-state index in [1.54, 1.807) is 11.6 Å². The number of nitrogens with one attached hydrogen (secondary N) is 1. The average Bonchev–Trinajstić information content (AvgIpc) is 3.20. The number of nitrogens with zero attached hydrogens (tertiary/aromatic N) is 2. The molecule has 1 fully saturated rings. The van der Waals surface area contributed by atoms with E-state index in [0.717, 1.165) is 46.6 Å². The molecule has 0 aliphatic carbocycles. The Morgan fingerprint density at radius 3 is 2.67 bits per heavy atom. The molecule has 0 bridgehead atoms. The minimum absolute atomic E-state index is 0.105. The van der Waals surface area contributed by atoms with Crippen LogP contribution in [0, 0.1) is 0 Å². The Balaban J connectivity index is 1.36. The van der Waals surface area contributed by atoms with E-state index >= 15 is 0 Å². The van der Waals surface area contributed by atoms with Crippen molar-refractivity contribution >= 4 is 38.4 Å². The van der Waals surface area contributed by atoms with Crippen molar-refractivity contribution < 1.29 is 9.00 Å². The number of rotatable bonds is 5. The van der Waals surface area contributed by atoms with Crippen molar-refractivity contribution in [3.63, 3.8) is 0 Å². The lowest BCUT2D eigenvalue weighted by Crippen LogP contribution is -2.31. The lowest BCUT2D eigenvalue weighted by Gasteiger charge is -2.25. The average molecular weight is 400 g/mol. The van der Waals surface area contributed by atoms with Crippen molar-refractivity contribution in [1.29, 1.82) is 0 Å². The first-order valence-electron chi connectivity index (χ1n) is 9.08. The summed E-state index contributed by atoms with van der Waals surface area (Å²) in [5.74, 6) is -0.105. The van der Waals surface area contributed by atoms with E-state index < -0.39 is 11.0 Å². The number of carbonyl (C=O) groups is 1. The van der Waals surface area contributed by atoms with Crippen LogP contribution in [0.3, 0.4) is 0 Å². The molecular formula is C20H21N3O2S2. The van der Waals surface area contributed by atoms with Crippen LogP contribution >= 0.6 is 11.3 Å². The predicted molar refractivity (Wildman–Crippen MR) is 109 cm³/mol. The molecule has 2 aromatic carbocycles. The highest BCUT2D eigenvalue weighted by Gasteiger charge is 2.17. The molecule has 0 saturated carbocycles. The number of benzene rings is 2. The Kier molecular flexibility index (Phi) is 5.61. The normalized spacial score (nSPS) is 16.3. The fraction of sp³-hybridized carbons (Fsp3) is 0.300. The van der Waals surface area contributed by atoms with Gasteiger partial charge in [0.05, 0.1) is 20.6 Å². The van der Waals surface area contributed by atoms with Crippen LogP contribution in [0.5, 0.6) is 0 Å². The minimum Gasteiger partial charge on any atom is -0.348 e. The van der Waals surface area contributed by atoms with Crippen molar-refractivity contribution in [3.05, 3.63) is 59.1 Å². The molecule has 1 saturated heterocycles. The van der Waals surface area contributed by atoms with Crippen LogP contribution < -0.4 is 5.32 Å². The number of fused-ring (bicyclic) bond motifs is 1. The van der Waals surface area contributed by atoms with Crippen LogP contribution in [0.4, 0.5) is 0 Å². The molecule has 2 heterocycles. The van der Waals surface area contributed by atoms with Gasteiger partial charge in [0.2, 0.25) is 0 Å². The summed E-state index contributed by atoms with van der Waals surface area (Å²) in [6.45, 7) is 2.24. The highest BCUT2D eigenvalue weighted by atomic mass is 32.2. The van der Waals surface area contributed by atoms with Gasteiger partial charge in [-0.2, -0.15) is 0 Å². The van der Waals surface area contributed by atoms with Gasteiger partial charge < -0.3 is 5.32 Å². The first-order chi connectivity index (χ1) is 13.2. The van der Waals surface area contributed by atoms with Gasteiger partial charge in [0.15, 0.2) is 0 Å². The SMILES string of the molecule is O=C(NCc1ccc(S(=O)N2CCCCC2)cc1)c1ccc2ncsc2c1. The first-order valence-corrected chi connectivity index (χ1v) is 11.1. The smallest absolute Gasteiger partial charge is 0.251 e. The molecule has 1 atom stereocenters. The lowest BCUT2D eigenvalue weighted by atomic mass is 10.2. The van der Waals surface area contributed by atoms with Gasteiger partial charge in [0.25, 0.3) is 5.91 Å². The number of carbonyl (C=O) groups excluding carboxylic acids is 1. The molecule has 27 heavy (non-hydrogen) atoms. The molecule has 1 aromatic heterocycles. The van der Waals surface area contributed by atoms with E-state index in [4.69, 9.17) is 0 Å². The molecule has 0 radical (unpaired) electrons. The third-order valence-corrected chi connectivity index (χ3v) is 7.02. The highest BCUT2D eigenvalue weighted by Crippen LogP contribution is 2.20. The van der Waals surface area contributed by atoms with E-state index in [1.807, 2.05) is 40.7 Å². The number of hydrogen-bond donors (Lipinski definition) is 1. The molecular weight excluding hydrogens is 378 g/mol. The summed E-state index contributed by atoms with van der Waals surface area (Å²) >= 11 is 1.53. The number of amides is 1. The molecule has 1 amide bonds. The monoisotopic (exact) mass is 399 g/mol. The van der Waals surface area contributed by atoms with E-state index in [2.05, 4.69) is 10.3 Å². The van der Waals surface area contributed by atoms with Crippen molar-refractivity contribution in [1.82, 2.24) is 14.6 Å². The van der Waals surface area contributed by atoms with Gasteiger partial charge in [0, 0.05) is 25.2 Å². The number of piperidine rings is 1. The van der Waals surface area contributed by atoms with Crippen molar-refractivity contribution in [2.75, 3.05) is 13.1 Å². The highest BCUT2D eigenvalue weighted by molar-refractivity contribution is 7.82. The van der Waals surface area contributed by atoms with E-state index in [0.29, 0.717) is 12.1 Å². The van der Waals surface area contributed by atoms with E-state index in [1.165, 1.54) is 17.8 Å². The zero-order chi connectivity index (χ0) is 18.6. The number of hydrogen-bond acceptors (Lipinski definition) is 4. The predicted octanol–water partition coefficient (Wildman–Crippen LogP) is 3.73. The van der Waals surface area contributed by atoms with Gasteiger partial charge in [-0.1, -0.05) is 18.6 Å². The summed E-state index contributed by atoms with van der Waals surface area (Å²) in [6.07, 6.45) is 3.45. The van der Waals surface area contributed by atoms with Crippen LogP contribution in [0.2, 0.25) is 0 Å². The van der Waals surface area contributed by atoms with Crippen LogP contribution in [-0.4, -0.2) is 32.5 Å². The molecule has 1 aliphatic heterocycles. The molecule has 1 aliphatic rings. The summed E-state index contributed by atoms with van der Waals surface area (Å²) in [7, 11) is -1.09. The van der Waals surface area contributed by atoms with Crippen LogP contribution in [0.25, 0.3) is 10.2 Å². The summed E-state index contributed by atoms with van der Waals surface area (Å²) in [6, 6.07) is 13.2. The Labute approximate surface area is 165 Å². The van der Waals surface area contributed by atoms with Crippen LogP contribution in [-0.2, 0) is 17.5 Å². The zero-order valence-corrected chi connectivity index (χ0v) is 16.5. The van der Waals surface area contributed by atoms with Gasteiger partial charge in [0.1, 0.15) is 11.0 Å². The third kappa shape index (κ3) is 4.26. The van der Waals surface area contributed by atoms with Crippen LogP contribution in [0.1, 0.15) is 35.2 Å². The maximum absolute atomic E-state index is 12.6. The Morgan fingerprint density at radius 2 is 1.89 bits per heavy atom. The fourth-order valence-electron chi connectivity index (χ4n) is 3.18. The van der Waals surface area contributed by atoms with Gasteiger partial charge in [-0.3, -0.25) is 4.79 Å². The summed E-state index contributed by atoms with van der Waals surface area (Å²) in [4.78, 5) is 17.4. The Bertz CT molecular complexity index is 963. The summed E-state index contributed by atoms with van der Waals surface area (Å²) in [5.41, 5.74) is 4.31. The molecule has 3 aromatic rings. The number of thiazole rings is 1. The Morgan fingerprint density at radius 1 is 1.11 bits per heavy atom. The molecule has 1 unspecified atom stereocenters. The second kappa shape index (κ2) is 8.29. The molecule has 5 nitrogen and oxygen atoms in total. The molecule has 4 rings (SSSR count). The zero-order valence-electron chi connectivity index (χ0n) is 14.9. The largest absolute Gasteiger partial charge is 0.348 e. The molecule has 1 N–H and O–H groups in total. The third-order valence-electron chi connectivity index (χ3n) is 4.72. The van der Waals surface area contributed by atoms with Gasteiger partial charge >= 0.3 is 0 Å². The van der Waals surface area contributed by atoms with Crippen molar-refractivity contribution in [2.45, 2.75) is 30.7 Å². The molecule has 0 spiro atoms. The fourth-order valence-corrected chi connectivity index (χ4v) is 5.16. The maximum atomic E-state index is 12.6. The van der Waals surface area contributed by atoms with Gasteiger partial charge in [-0.05, 0) is 48.7 Å². The topological polar surface area (TPSA) is 62.3 Å². The maximum Gasteiger partial charge on any atom is 0.251 e. The lowest BCUT2D eigenvalue weighted by molar-refractivity contribution is 0.0951. The second-order valence-corrected chi connectivity index (χ2v) is 8.97. The van der Waals surface area contributed by atoms with Crippen molar-refractivity contribution in [2.24, 2.45) is 0 Å². The van der Waals surface area contributed by atoms with Gasteiger partial charge in [-0.15, -0.1) is 11.3 Å². The Hall–Kier alpha value is -2.09. The molecule has 140 valence electrons. The standard InChI is InChI=1S/C20H21N3O2S2/c24-20(16-6-9-18-19(12-16)26-14-22-18)21-13-15-4-7-17(8-5-15)27(25)23-10-2-1-3-11-23/h4-9,12,14H,1-3,10-11,13H2,(H,21,24). The second-order valence-electron chi connectivity index (χ2n) is 6.60. The van der Waals surface area contributed by atoms with E-state index in [9.17, 15) is 9.00 Å². The first kappa shape index (κ1) is 18.3. The minimum atomic E-state index is -1.09. The van der Waals surface area contributed by atoms with Crippen LogP contribution in [0.15, 0.2) is 52.9 Å². The summed E-state index contributed by atoms with van der Waals surface area (Å²) in [5, 5.41) is 2.94. The summed E-state index contributed by atoms with van der Waals surface area (Å²) < 4.78 is 15.7. The number of aromatic nitrogens is 1. The van der Waals surface area contributed by atoms with E-state index in [-0.39, 0.29) is 5.91 Å². The van der Waals surface area contributed by atoms with Gasteiger partial charge in [-0.25, -0.2) is 13.5 Å². The van der Waals surface area contributed by atoms with Crippen molar-refractivity contribution in [3.8, 4) is 0 Å².